The summed E-state index contributed by atoms with van der Waals surface area (Å²) in [5, 5.41) is 0. The molecule has 0 aliphatic carbocycles. The first-order chi connectivity index (χ1) is 20.9. The Morgan fingerprint density at radius 2 is 1.27 bits per heavy atom. The van der Waals surface area contributed by atoms with Crippen LogP contribution in [0.4, 0.5) is 20.4 Å². The van der Waals surface area contributed by atoms with Gasteiger partial charge in [-0.15, -0.1) is 0 Å². The number of hydrogen-bond acceptors (Lipinski definition) is 16. The Bertz CT molecular complexity index is 1710. The zero-order valence-corrected chi connectivity index (χ0v) is 24.6. The number of nitrogens with two attached hydrogens (primary N) is 2. The van der Waals surface area contributed by atoms with Crippen LogP contribution in [0, 0.1) is 0 Å². The van der Waals surface area contributed by atoms with E-state index in [-0.39, 0.29) is 34.0 Å². The number of phosphoric acid groups is 1. The van der Waals surface area contributed by atoms with Crippen molar-refractivity contribution >= 4 is 60.8 Å². The van der Waals surface area contributed by atoms with Gasteiger partial charge in [0.2, 0.25) is 0 Å². The average molecular weight is 678 g/mol. The fourth-order valence-corrected chi connectivity index (χ4v) is 7.61. The van der Waals surface area contributed by atoms with Crippen LogP contribution in [0.5, 0.6) is 0 Å². The van der Waals surface area contributed by atoms with Gasteiger partial charge in [-0.1, -0.05) is 12.2 Å². The number of halogens is 2. The molecule has 7 rings (SSSR count). The van der Waals surface area contributed by atoms with Crippen LogP contribution >= 0.6 is 26.9 Å². The molecule has 0 aromatic carbocycles. The van der Waals surface area contributed by atoms with E-state index >= 15 is 8.78 Å². The highest BCUT2D eigenvalue weighted by Gasteiger charge is 2.54. The summed E-state index contributed by atoms with van der Waals surface area (Å²) >= 11 is 3.96. The van der Waals surface area contributed by atoms with Crippen LogP contribution in [0.15, 0.2) is 25.3 Å². The molecule has 0 bridgehead atoms. The summed E-state index contributed by atoms with van der Waals surface area (Å²) in [6, 6.07) is 0. The highest BCUT2D eigenvalue weighted by atomic mass is 32.7. The lowest BCUT2D eigenvalue weighted by Crippen LogP contribution is -2.37. The van der Waals surface area contributed by atoms with Gasteiger partial charge in [0.25, 0.3) is 0 Å². The first kappa shape index (κ1) is 29.8. The third-order valence-corrected chi connectivity index (χ3v) is 9.77. The summed E-state index contributed by atoms with van der Waals surface area (Å²) in [6.45, 7) is -5.98. The largest absolute Gasteiger partial charge is 0.472 e. The average Bonchev–Trinajstić information content (AvgIpc) is 3.73. The number of phosphoric ester groups is 1. The smallest absolute Gasteiger partial charge is 0.382 e. The lowest BCUT2D eigenvalue weighted by Gasteiger charge is -2.27. The number of alkyl halides is 2. The minimum absolute atomic E-state index is 0.0226. The fourth-order valence-electron chi connectivity index (χ4n) is 5.17. The van der Waals surface area contributed by atoms with E-state index in [9.17, 15) is 14.0 Å². The van der Waals surface area contributed by atoms with Gasteiger partial charge in [0.05, 0.1) is 25.9 Å². The molecule has 3 fully saturated rings. The second-order valence-electron chi connectivity index (χ2n) is 9.85. The molecule has 5 N–H and O–H groups in total. The molecule has 3 aliphatic rings. The SMILES string of the molecule is Nc1ncnc2c1ncn2[C@@H]1O[C@@H]2CO[P@](=O)(S)O[C@H]3[C@@H](F)[C@H](n4cnc5c(N)ncnc54)O[C@@H]3COP(=O)(O)O[C@H]2[C@H]1F. The summed E-state index contributed by atoms with van der Waals surface area (Å²) in [5.41, 5.74) is 12.1. The second kappa shape index (κ2) is 10.9. The number of ether oxygens (including phenoxy) is 2. The number of imidazole rings is 2. The van der Waals surface area contributed by atoms with Crippen molar-refractivity contribution in [2.24, 2.45) is 0 Å². The summed E-state index contributed by atoms with van der Waals surface area (Å²) in [4.78, 5) is 34.4. The first-order valence-electron chi connectivity index (χ1n) is 12.7. The summed E-state index contributed by atoms with van der Waals surface area (Å²) in [6.07, 6.45) is -9.02. The fraction of sp³-hybridized carbons (Fsp3) is 0.500. The molecule has 0 amide bonds. The molecule has 0 radical (unpaired) electrons. The van der Waals surface area contributed by atoms with Crippen LogP contribution in [0.1, 0.15) is 12.5 Å². The topological polar surface area (TPSA) is 249 Å². The molecule has 1 unspecified atom stereocenters. The van der Waals surface area contributed by atoms with Crippen LogP contribution in [0.3, 0.4) is 0 Å². The minimum atomic E-state index is -5.08. The zero-order chi connectivity index (χ0) is 31.0. The number of nitrogen functional groups attached to an aromatic ring is 2. The van der Waals surface area contributed by atoms with E-state index in [1.807, 2.05) is 0 Å². The molecule has 7 heterocycles. The van der Waals surface area contributed by atoms with Crippen molar-refractivity contribution in [3.8, 4) is 0 Å². The summed E-state index contributed by atoms with van der Waals surface area (Å²) < 4.78 is 93.0. The lowest BCUT2D eigenvalue weighted by molar-refractivity contribution is -0.0605. The van der Waals surface area contributed by atoms with Gasteiger partial charge in [0, 0.05) is 0 Å². The minimum Gasteiger partial charge on any atom is -0.382 e. The monoisotopic (exact) mass is 678 g/mol. The van der Waals surface area contributed by atoms with E-state index in [0.717, 1.165) is 12.7 Å². The maximum absolute atomic E-state index is 15.9. The number of anilines is 2. The normalized spacial score (nSPS) is 38.3. The second-order valence-corrected chi connectivity index (χ2v) is 14.1. The van der Waals surface area contributed by atoms with Gasteiger partial charge in [-0.3, -0.25) is 27.2 Å². The van der Waals surface area contributed by atoms with Gasteiger partial charge < -0.3 is 25.8 Å². The van der Waals surface area contributed by atoms with Gasteiger partial charge in [0.15, 0.2) is 47.7 Å². The summed E-state index contributed by atoms with van der Waals surface area (Å²) in [5.74, 6) is 0.0501. The summed E-state index contributed by atoms with van der Waals surface area (Å²) in [7, 11) is -5.08. The van der Waals surface area contributed by atoms with Crippen LogP contribution in [0.2, 0.25) is 0 Å². The van der Waals surface area contributed by atoms with Crippen LogP contribution < -0.4 is 11.5 Å². The van der Waals surface area contributed by atoms with Crippen molar-refractivity contribution < 1.29 is 50.4 Å². The Kier molecular flexibility index (Phi) is 7.35. The Morgan fingerprint density at radius 1 is 0.795 bits per heavy atom. The molecule has 3 aliphatic heterocycles. The maximum atomic E-state index is 15.9. The molecule has 44 heavy (non-hydrogen) atoms. The van der Waals surface area contributed by atoms with Crippen LogP contribution in [-0.4, -0.2) is 93.9 Å². The van der Waals surface area contributed by atoms with Crippen LogP contribution in [0.25, 0.3) is 22.3 Å². The lowest BCUT2D eigenvalue weighted by atomic mass is 10.1. The van der Waals surface area contributed by atoms with Crippen molar-refractivity contribution in [1.29, 1.82) is 0 Å². The molecule has 4 aromatic heterocycles. The Hall–Kier alpha value is -2.91. The van der Waals surface area contributed by atoms with E-state index in [1.54, 1.807) is 0 Å². The van der Waals surface area contributed by atoms with Gasteiger partial charge in [0.1, 0.15) is 48.1 Å². The maximum Gasteiger partial charge on any atom is 0.472 e. The van der Waals surface area contributed by atoms with Crippen molar-refractivity contribution in [2.45, 2.75) is 49.2 Å². The van der Waals surface area contributed by atoms with Gasteiger partial charge in [-0.25, -0.2) is 47.8 Å². The molecule has 19 nitrogen and oxygen atoms in total. The molecule has 10 atom stereocenters. The van der Waals surface area contributed by atoms with Gasteiger partial charge >= 0.3 is 14.6 Å². The first-order valence-corrected chi connectivity index (χ1v) is 16.9. The predicted molar refractivity (Wildman–Crippen MR) is 145 cm³/mol. The molecular weight excluding hydrogens is 656 g/mol. The Balaban J connectivity index is 1.17. The van der Waals surface area contributed by atoms with Crippen molar-refractivity contribution in [3.63, 3.8) is 0 Å². The van der Waals surface area contributed by atoms with E-state index in [2.05, 4.69) is 42.2 Å². The number of aromatic nitrogens is 8. The predicted octanol–water partition coefficient (Wildman–Crippen LogP) is 1.26. The molecule has 24 heteroatoms. The standard InChI is InChI=1S/C20H22F2N10O9P2S/c21-9-13-8(39-19(9)31-5-29-11-15(23)25-3-27-17(11)31)2-37-43(35,44)41-14-7(1-36-42(33,34)40-13)38-20(10(14)22)32-6-30-12-16(24)26-4-28-18(12)32/h3-10,13-14,19-20H,1-2H2,(H,33,34)(H,35,44)(H2,23,25,27)(H2,24,26,28)/t7-,8-,9-,10-,13-,14-,19-,20-,43+/m1/s1. The third-order valence-electron chi connectivity index (χ3n) is 7.17. The number of rotatable bonds is 2. The van der Waals surface area contributed by atoms with Gasteiger partial charge in [-0.05, 0) is 0 Å². The number of thiol groups is 1. The van der Waals surface area contributed by atoms with Crippen molar-refractivity contribution in [3.05, 3.63) is 25.3 Å². The zero-order valence-electron chi connectivity index (χ0n) is 21.9. The third kappa shape index (κ3) is 5.14. The molecule has 3 saturated heterocycles. The van der Waals surface area contributed by atoms with Gasteiger partial charge in [-0.2, -0.15) is 0 Å². The molecule has 0 spiro atoms. The Morgan fingerprint density at radius 3 is 1.80 bits per heavy atom. The molecular formula is C20H22F2N10O9P2S. The highest BCUT2D eigenvalue weighted by molar-refractivity contribution is 8.44. The van der Waals surface area contributed by atoms with Crippen molar-refractivity contribution in [2.75, 3.05) is 24.7 Å². The quantitative estimate of drug-likeness (QED) is 0.172. The van der Waals surface area contributed by atoms with Crippen molar-refractivity contribution in [1.82, 2.24) is 39.0 Å². The number of hydrogen-bond donors (Lipinski definition) is 4. The Labute approximate surface area is 249 Å². The molecule has 0 saturated carbocycles. The number of nitrogens with zero attached hydrogens (tertiary/aromatic N) is 8. The van der Waals surface area contributed by atoms with E-state index in [4.69, 9.17) is 39.0 Å². The molecule has 236 valence electrons. The van der Waals surface area contributed by atoms with E-state index in [0.29, 0.717) is 0 Å². The van der Waals surface area contributed by atoms with Crippen LogP contribution in [-0.2, 0) is 36.7 Å². The van der Waals surface area contributed by atoms with E-state index in [1.165, 1.54) is 21.8 Å². The highest BCUT2D eigenvalue weighted by Crippen LogP contribution is 2.58. The van der Waals surface area contributed by atoms with E-state index < -0.39 is 77.0 Å². The molecule has 4 aromatic rings. The number of fused-ring (bicyclic) bond motifs is 4.